The van der Waals surface area contributed by atoms with Crippen molar-refractivity contribution in [1.29, 1.82) is 0 Å². The van der Waals surface area contributed by atoms with Gasteiger partial charge >= 0.3 is 0 Å². The number of carbonyl (C=O) groups is 1. The molecule has 0 saturated carbocycles. The zero-order valence-corrected chi connectivity index (χ0v) is 10.5. The van der Waals surface area contributed by atoms with Crippen molar-refractivity contribution in [2.45, 2.75) is 0 Å². The summed E-state index contributed by atoms with van der Waals surface area (Å²) in [5, 5.41) is 5.97. The molecule has 19 heavy (non-hydrogen) atoms. The van der Waals surface area contributed by atoms with E-state index in [0.717, 1.165) is 10.2 Å². The lowest BCUT2D eigenvalue weighted by Gasteiger charge is -1.97. The third-order valence-electron chi connectivity index (χ3n) is 2.50. The first-order valence-corrected chi connectivity index (χ1v) is 6.35. The Hall–Kier alpha value is -2.54. The van der Waals surface area contributed by atoms with Crippen molar-refractivity contribution in [3.05, 3.63) is 46.9 Å². The highest BCUT2D eigenvalue weighted by molar-refractivity contribution is 7.12. The third kappa shape index (κ3) is 2.11. The van der Waals surface area contributed by atoms with Gasteiger partial charge in [-0.05, 0) is 23.6 Å². The fourth-order valence-electron chi connectivity index (χ4n) is 1.60. The molecule has 0 unspecified atom stereocenters. The number of nitrogens with two attached hydrogens (primary N) is 1. The molecule has 3 heterocycles. The maximum Gasteiger partial charge on any atom is 0.291 e. The Morgan fingerprint density at radius 2 is 2.05 bits per heavy atom. The largest absolute Gasteiger partial charge is 0.368 e. The number of aromatic nitrogens is 4. The number of hydrogen-bond acceptors (Lipinski definition) is 6. The van der Waals surface area contributed by atoms with Gasteiger partial charge in [0.15, 0.2) is 5.82 Å². The molecule has 0 aromatic carbocycles. The van der Waals surface area contributed by atoms with Gasteiger partial charge in [-0.25, -0.2) is 0 Å². The highest BCUT2D eigenvalue weighted by Crippen LogP contribution is 2.17. The Labute approximate surface area is 112 Å². The summed E-state index contributed by atoms with van der Waals surface area (Å²) in [5.41, 5.74) is 6.51. The molecule has 0 aliphatic rings. The molecule has 3 aromatic heterocycles. The molecule has 0 fully saturated rings. The Morgan fingerprint density at radius 3 is 2.74 bits per heavy atom. The highest BCUT2D eigenvalue weighted by atomic mass is 32.1. The summed E-state index contributed by atoms with van der Waals surface area (Å²) in [5.74, 6) is 0.204. The molecule has 2 N–H and O–H groups in total. The van der Waals surface area contributed by atoms with Crippen LogP contribution in [0.1, 0.15) is 9.67 Å². The standard InChI is InChI=1S/C12H9N5OS/c13-12-15-10(8-3-5-14-6-4-8)16-17(12)11(18)9-2-1-7-19-9/h1-7H,(H2,13,15,16). The van der Waals surface area contributed by atoms with Crippen molar-refractivity contribution in [3.63, 3.8) is 0 Å². The van der Waals surface area contributed by atoms with Gasteiger partial charge in [0.2, 0.25) is 5.95 Å². The lowest BCUT2D eigenvalue weighted by Crippen LogP contribution is -2.15. The van der Waals surface area contributed by atoms with Crippen LogP contribution in [0.3, 0.4) is 0 Å². The Morgan fingerprint density at radius 1 is 1.26 bits per heavy atom. The van der Waals surface area contributed by atoms with Crippen molar-refractivity contribution in [3.8, 4) is 11.4 Å². The lowest BCUT2D eigenvalue weighted by atomic mass is 10.3. The van der Waals surface area contributed by atoms with Crippen LogP contribution in [0.15, 0.2) is 42.0 Å². The average Bonchev–Trinajstić information content (AvgIpc) is 3.08. The summed E-state index contributed by atoms with van der Waals surface area (Å²) < 4.78 is 1.11. The van der Waals surface area contributed by atoms with Gasteiger partial charge in [0.05, 0.1) is 4.88 Å². The van der Waals surface area contributed by atoms with Gasteiger partial charge in [-0.1, -0.05) is 6.07 Å². The number of hydrogen-bond donors (Lipinski definition) is 1. The Bertz CT molecular complexity index is 705. The summed E-state index contributed by atoms with van der Waals surface area (Å²) in [7, 11) is 0. The Balaban J connectivity index is 2.01. The van der Waals surface area contributed by atoms with E-state index in [1.807, 2.05) is 5.38 Å². The lowest BCUT2D eigenvalue weighted by molar-refractivity contribution is 0.0952. The van der Waals surface area contributed by atoms with E-state index < -0.39 is 0 Å². The number of rotatable bonds is 2. The van der Waals surface area contributed by atoms with E-state index in [0.29, 0.717) is 10.7 Å². The molecule has 0 aliphatic carbocycles. The molecule has 0 atom stereocenters. The third-order valence-corrected chi connectivity index (χ3v) is 3.35. The molecule has 0 spiro atoms. The van der Waals surface area contributed by atoms with Crippen molar-refractivity contribution in [2.24, 2.45) is 0 Å². The zero-order chi connectivity index (χ0) is 13.2. The molecule has 0 amide bonds. The van der Waals surface area contributed by atoms with Crippen LogP contribution in [0, 0.1) is 0 Å². The van der Waals surface area contributed by atoms with Crippen LogP contribution in [0.4, 0.5) is 5.95 Å². The minimum absolute atomic E-state index is 0.0743. The number of carbonyl (C=O) groups excluding carboxylic acids is 1. The van der Waals surface area contributed by atoms with Crippen molar-refractivity contribution in [1.82, 2.24) is 19.7 Å². The second-order valence-electron chi connectivity index (χ2n) is 3.72. The number of nitrogens with zero attached hydrogens (tertiary/aromatic N) is 4. The van der Waals surface area contributed by atoms with Crippen LogP contribution < -0.4 is 5.73 Å². The van der Waals surface area contributed by atoms with Gasteiger partial charge in [-0.2, -0.15) is 9.67 Å². The van der Waals surface area contributed by atoms with E-state index >= 15 is 0 Å². The normalized spacial score (nSPS) is 10.5. The first-order chi connectivity index (χ1) is 9.25. The molecular weight excluding hydrogens is 262 g/mol. The van der Waals surface area contributed by atoms with Crippen LogP contribution in [-0.2, 0) is 0 Å². The fraction of sp³-hybridized carbons (Fsp3) is 0. The van der Waals surface area contributed by atoms with Crippen molar-refractivity contribution >= 4 is 23.2 Å². The number of nitrogen functional groups attached to an aromatic ring is 1. The molecule has 0 radical (unpaired) electrons. The number of pyridine rings is 1. The summed E-state index contributed by atoms with van der Waals surface area (Å²) in [4.78, 5) is 20.7. The summed E-state index contributed by atoms with van der Waals surface area (Å²) >= 11 is 1.34. The number of anilines is 1. The second-order valence-corrected chi connectivity index (χ2v) is 4.67. The van der Waals surface area contributed by atoms with E-state index in [-0.39, 0.29) is 11.9 Å². The van der Waals surface area contributed by atoms with Gasteiger partial charge in [-0.15, -0.1) is 16.4 Å². The molecule has 3 aromatic rings. The van der Waals surface area contributed by atoms with Crippen LogP contribution in [0.25, 0.3) is 11.4 Å². The van der Waals surface area contributed by atoms with Gasteiger partial charge in [0, 0.05) is 18.0 Å². The predicted molar refractivity (Wildman–Crippen MR) is 71.7 cm³/mol. The van der Waals surface area contributed by atoms with Gasteiger partial charge in [0.25, 0.3) is 5.91 Å². The summed E-state index contributed by atoms with van der Waals surface area (Å²) in [6.45, 7) is 0. The van der Waals surface area contributed by atoms with E-state index in [2.05, 4.69) is 15.1 Å². The zero-order valence-electron chi connectivity index (χ0n) is 9.72. The van der Waals surface area contributed by atoms with Gasteiger partial charge in [0.1, 0.15) is 0 Å². The molecular formula is C12H9N5OS. The van der Waals surface area contributed by atoms with E-state index in [9.17, 15) is 4.79 Å². The molecule has 3 rings (SSSR count). The summed E-state index contributed by atoms with van der Waals surface area (Å²) in [6.07, 6.45) is 3.26. The highest BCUT2D eigenvalue weighted by Gasteiger charge is 2.17. The van der Waals surface area contributed by atoms with Crippen LogP contribution in [-0.4, -0.2) is 25.7 Å². The van der Waals surface area contributed by atoms with Crippen molar-refractivity contribution in [2.75, 3.05) is 5.73 Å². The summed E-state index contributed by atoms with van der Waals surface area (Å²) in [6, 6.07) is 7.04. The first-order valence-electron chi connectivity index (χ1n) is 5.47. The maximum absolute atomic E-state index is 12.2. The first kappa shape index (κ1) is 11.5. The van der Waals surface area contributed by atoms with Gasteiger partial charge < -0.3 is 5.73 Å². The smallest absolute Gasteiger partial charge is 0.291 e. The number of thiophene rings is 1. The maximum atomic E-state index is 12.2. The van der Waals surface area contributed by atoms with Crippen molar-refractivity contribution < 1.29 is 4.79 Å². The minimum Gasteiger partial charge on any atom is -0.368 e. The SMILES string of the molecule is Nc1nc(-c2ccncc2)nn1C(=O)c1cccs1. The van der Waals surface area contributed by atoms with Crippen LogP contribution in [0.5, 0.6) is 0 Å². The van der Waals surface area contributed by atoms with E-state index in [4.69, 9.17) is 5.73 Å². The molecule has 7 heteroatoms. The minimum atomic E-state index is -0.277. The predicted octanol–water partition coefficient (Wildman–Crippen LogP) is 1.67. The van der Waals surface area contributed by atoms with Crippen LogP contribution >= 0.6 is 11.3 Å². The van der Waals surface area contributed by atoms with Crippen LogP contribution in [0.2, 0.25) is 0 Å². The van der Waals surface area contributed by atoms with E-state index in [1.165, 1.54) is 11.3 Å². The molecule has 0 aliphatic heterocycles. The molecule has 6 nitrogen and oxygen atoms in total. The fourth-order valence-corrected chi connectivity index (χ4v) is 2.25. The topological polar surface area (TPSA) is 86.7 Å². The quantitative estimate of drug-likeness (QED) is 0.766. The van der Waals surface area contributed by atoms with Gasteiger partial charge in [-0.3, -0.25) is 9.78 Å². The van der Waals surface area contributed by atoms with E-state index in [1.54, 1.807) is 36.7 Å². The monoisotopic (exact) mass is 271 g/mol. The second kappa shape index (κ2) is 4.62. The molecule has 0 bridgehead atoms. The molecule has 94 valence electrons. The average molecular weight is 271 g/mol. The molecule has 0 saturated heterocycles. The Kier molecular flexibility index (Phi) is 2.81.